The summed E-state index contributed by atoms with van der Waals surface area (Å²) in [5, 5.41) is 14.5. The highest BCUT2D eigenvalue weighted by molar-refractivity contribution is 7.99. The molecule has 2 aromatic carbocycles. The largest absolute Gasteiger partial charge is 0.483 e. The number of hydrogen-bond donors (Lipinski definition) is 1. The molecule has 1 N–H and O–H groups in total. The van der Waals surface area contributed by atoms with Crippen molar-refractivity contribution in [2.24, 2.45) is 0 Å². The number of carbonyl (C=O) groups is 2. The minimum Gasteiger partial charge on any atom is -0.483 e. The number of aromatic nitrogens is 3. The number of amides is 1. The average molecular weight is 605 g/mol. The van der Waals surface area contributed by atoms with E-state index in [0.29, 0.717) is 28.1 Å². The van der Waals surface area contributed by atoms with Crippen molar-refractivity contribution in [2.75, 3.05) is 17.7 Å². The number of hydrogen-bond acceptors (Lipinski definition) is 8. The second-order valence-corrected chi connectivity index (χ2v) is 12.4. The van der Waals surface area contributed by atoms with Crippen LogP contribution in [0.2, 0.25) is 0 Å². The van der Waals surface area contributed by atoms with Gasteiger partial charge in [0.1, 0.15) is 16.3 Å². The van der Waals surface area contributed by atoms with Gasteiger partial charge in [0, 0.05) is 17.5 Å². The van der Waals surface area contributed by atoms with Gasteiger partial charge in [0.15, 0.2) is 17.1 Å². The molecule has 2 heterocycles. The summed E-state index contributed by atoms with van der Waals surface area (Å²) in [7, 11) is 0. The molecule has 0 aliphatic rings. The van der Waals surface area contributed by atoms with Gasteiger partial charge in [0.05, 0.1) is 12.4 Å². The molecule has 0 radical (unpaired) electrons. The highest BCUT2D eigenvalue weighted by Gasteiger charge is 2.24. The first-order valence-corrected chi connectivity index (χ1v) is 15.6. The maximum absolute atomic E-state index is 13.0. The number of thioether (sulfide) groups is 1. The Morgan fingerprint density at radius 2 is 1.83 bits per heavy atom. The van der Waals surface area contributed by atoms with Crippen LogP contribution in [-0.4, -0.2) is 39.0 Å². The van der Waals surface area contributed by atoms with Crippen LogP contribution < -0.4 is 10.1 Å². The molecule has 1 unspecified atom stereocenters. The highest BCUT2D eigenvalue weighted by atomic mass is 32.2. The predicted molar refractivity (Wildman–Crippen MR) is 169 cm³/mol. The van der Waals surface area contributed by atoms with Gasteiger partial charge in [-0.15, -0.1) is 28.1 Å². The van der Waals surface area contributed by atoms with E-state index < -0.39 is 5.97 Å². The third-order valence-corrected chi connectivity index (χ3v) is 8.26. The van der Waals surface area contributed by atoms with Gasteiger partial charge in [-0.2, -0.15) is 0 Å². The fourth-order valence-corrected chi connectivity index (χ4v) is 6.01. The average Bonchev–Trinajstić information content (AvgIpc) is 3.57. The predicted octanol–water partition coefficient (Wildman–Crippen LogP) is 7.54. The van der Waals surface area contributed by atoms with Gasteiger partial charge < -0.3 is 14.8 Å². The minimum atomic E-state index is -0.474. The number of rotatable bonds is 12. The van der Waals surface area contributed by atoms with Crippen LogP contribution in [0, 0.1) is 0 Å². The molecule has 1 amide bonds. The molecular weight excluding hydrogens is 569 g/mol. The lowest BCUT2D eigenvalue weighted by atomic mass is 9.87. The molecule has 0 aliphatic carbocycles. The number of carbonyl (C=O) groups excluding carboxylic acids is 2. The number of anilines is 1. The molecule has 1 atom stereocenters. The number of nitrogens with zero attached hydrogens (tertiary/aromatic N) is 3. The van der Waals surface area contributed by atoms with Crippen LogP contribution in [0.15, 0.2) is 77.8 Å². The monoisotopic (exact) mass is 604 g/mol. The van der Waals surface area contributed by atoms with Gasteiger partial charge in [-0.25, -0.2) is 4.79 Å². The SMILES string of the molecule is C=CCn1c(SCC(=O)Nc2scc(-c3ccccc3)c2C(=O)OCC)nnc1C(C)Oc1ccc(C(C)(C)C)cc1. The molecule has 0 spiro atoms. The summed E-state index contributed by atoms with van der Waals surface area (Å²) in [4.78, 5) is 25.9. The van der Waals surface area contributed by atoms with E-state index in [1.807, 2.05) is 59.3 Å². The second-order valence-electron chi connectivity index (χ2n) is 10.6. The Labute approximate surface area is 255 Å². The van der Waals surface area contributed by atoms with Crippen LogP contribution in [0.25, 0.3) is 11.1 Å². The lowest BCUT2D eigenvalue weighted by Gasteiger charge is -2.20. The Hall–Kier alpha value is -3.89. The van der Waals surface area contributed by atoms with Crippen LogP contribution in [0.1, 0.15) is 62.5 Å². The molecule has 4 rings (SSSR count). The molecule has 0 saturated heterocycles. The van der Waals surface area contributed by atoms with E-state index in [9.17, 15) is 9.59 Å². The van der Waals surface area contributed by atoms with Crippen molar-refractivity contribution >= 4 is 40.0 Å². The third kappa shape index (κ3) is 7.49. The number of thiophene rings is 1. The van der Waals surface area contributed by atoms with Gasteiger partial charge in [0.2, 0.25) is 5.91 Å². The van der Waals surface area contributed by atoms with Gasteiger partial charge >= 0.3 is 5.97 Å². The number of esters is 1. The van der Waals surface area contributed by atoms with Crippen LogP contribution >= 0.6 is 23.1 Å². The smallest absolute Gasteiger partial charge is 0.341 e. The zero-order valence-corrected chi connectivity index (χ0v) is 26.2. The summed E-state index contributed by atoms with van der Waals surface area (Å²) >= 11 is 2.55. The van der Waals surface area contributed by atoms with Crippen molar-refractivity contribution in [3.8, 4) is 16.9 Å². The highest BCUT2D eigenvalue weighted by Crippen LogP contribution is 2.36. The Balaban J connectivity index is 1.46. The van der Waals surface area contributed by atoms with Crippen LogP contribution in [0.5, 0.6) is 5.75 Å². The van der Waals surface area contributed by atoms with Crippen LogP contribution in [0.4, 0.5) is 5.00 Å². The summed E-state index contributed by atoms with van der Waals surface area (Å²) in [6.07, 6.45) is 1.38. The molecule has 0 aliphatic heterocycles. The molecule has 10 heteroatoms. The minimum absolute atomic E-state index is 0.0563. The van der Waals surface area contributed by atoms with Gasteiger partial charge in [0.25, 0.3) is 0 Å². The maximum atomic E-state index is 13.0. The maximum Gasteiger partial charge on any atom is 0.341 e. The summed E-state index contributed by atoms with van der Waals surface area (Å²) < 4.78 is 13.4. The second kappa shape index (κ2) is 13.8. The van der Waals surface area contributed by atoms with Crippen LogP contribution in [-0.2, 0) is 21.5 Å². The van der Waals surface area contributed by atoms with Gasteiger partial charge in [-0.05, 0) is 42.5 Å². The van der Waals surface area contributed by atoms with Crippen molar-refractivity contribution in [1.29, 1.82) is 0 Å². The molecule has 8 nitrogen and oxygen atoms in total. The number of nitrogens with one attached hydrogen (secondary N) is 1. The summed E-state index contributed by atoms with van der Waals surface area (Å²) in [5.74, 6) is 0.691. The van der Waals surface area contributed by atoms with Crippen molar-refractivity contribution in [3.63, 3.8) is 0 Å². The fraction of sp³-hybridized carbons (Fsp3) is 0.312. The molecular formula is C32H36N4O4S2. The first-order valence-electron chi connectivity index (χ1n) is 13.7. The zero-order valence-electron chi connectivity index (χ0n) is 24.5. The van der Waals surface area contributed by atoms with E-state index in [1.54, 1.807) is 13.0 Å². The lowest BCUT2D eigenvalue weighted by molar-refractivity contribution is -0.113. The van der Waals surface area contributed by atoms with Crippen molar-refractivity contribution in [3.05, 3.63) is 89.6 Å². The van der Waals surface area contributed by atoms with Gasteiger partial charge in [-0.1, -0.05) is 81.1 Å². The van der Waals surface area contributed by atoms with Crippen LogP contribution in [0.3, 0.4) is 0 Å². The van der Waals surface area contributed by atoms with E-state index in [1.165, 1.54) is 28.7 Å². The molecule has 0 saturated carbocycles. The van der Waals surface area contributed by atoms with Gasteiger partial charge in [-0.3, -0.25) is 9.36 Å². The van der Waals surface area contributed by atoms with E-state index in [2.05, 4.69) is 55.0 Å². The Kier molecular flexibility index (Phi) is 10.2. The Bertz CT molecular complexity index is 1520. The number of allylic oxidation sites excluding steroid dienone is 1. The number of ether oxygens (including phenoxy) is 2. The first kappa shape index (κ1) is 31.1. The lowest BCUT2D eigenvalue weighted by Crippen LogP contribution is -2.17. The molecule has 42 heavy (non-hydrogen) atoms. The Morgan fingerprint density at radius 1 is 1.12 bits per heavy atom. The van der Waals surface area contributed by atoms with E-state index in [-0.39, 0.29) is 29.8 Å². The third-order valence-electron chi connectivity index (χ3n) is 6.39. The van der Waals surface area contributed by atoms with E-state index in [4.69, 9.17) is 9.47 Å². The van der Waals surface area contributed by atoms with Crippen molar-refractivity contribution in [2.45, 2.75) is 57.8 Å². The zero-order chi connectivity index (χ0) is 30.3. The molecule has 0 bridgehead atoms. The summed E-state index contributed by atoms with van der Waals surface area (Å²) in [6.45, 7) is 14.7. The standard InChI is InChI=1S/C32H36N4O4S2/c1-7-18-36-28(21(3)40-24-16-14-23(15-17-24)32(4,5)6)34-35-31(36)42-20-26(37)33-29-27(30(38)39-8-2)25(19-41-29)22-12-10-9-11-13-22/h7,9-17,19,21H,1,8,18,20H2,2-6H3,(H,33,37). The molecule has 4 aromatic rings. The number of benzene rings is 2. The normalized spacial score (nSPS) is 12.0. The molecule has 0 fully saturated rings. The topological polar surface area (TPSA) is 95.3 Å². The Morgan fingerprint density at radius 3 is 2.48 bits per heavy atom. The van der Waals surface area contributed by atoms with E-state index in [0.717, 1.165) is 16.9 Å². The van der Waals surface area contributed by atoms with E-state index >= 15 is 0 Å². The quantitative estimate of drug-likeness (QED) is 0.101. The van der Waals surface area contributed by atoms with Crippen molar-refractivity contribution < 1.29 is 19.1 Å². The van der Waals surface area contributed by atoms with Crippen molar-refractivity contribution in [1.82, 2.24) is 14.8 Å². The molecule has 2 aromatic heterocycles. The fourth-order valence-electron chi connectivity index (χ4n) is 4.28. The molecule has 220 valence electrons. The first-order chi connectivity index (χ1) is 20.1. The summed E-state index contributed by atoms with van der Waals surface area (Å²) in [6, 6.07) is 17.6. The summed E-state index contributed by atoms with van der Waals surface area (Å²) in [5.41, 5.74) is 3.23.